The Labute approximate surface area is 247 Å². The first-order valence-electron chi connectivity index (χ1n) is 15.7. The van der Waals surface area contributed by atoms with Gasteiger partial charge in [0, 0.05) is 21.4 Å². The highest BCUT2D eigenvalue weighted by Gasteiger charge is 2.53. The third-order valence-corrected chi connectivity index (χ3v) is 10.2. The highest BCUT2D eigenvalue weighted by atomic mass is 35.5. The van der Waals surface area contributed by atoms with Crippen LogP contribution in [-0.2, 0) is 31.1 Å². The molecule has 6 rings (SSSR count). The molecule has 208 valence electrons. The van der Waals surface area contributed by atoms with Crippen LogP contribution >= 0.6 is 23.2 Å². The standard InChI is InChI=1S/C37H46Cl2/c1-6-10-16-24-25(17-11-7-2)27(19-13-9-4)36-33(26(24)18-12-8-3)32-28-20-14-22-30(38)34(28)37(36,5)35-29(32)21-15-23-31(35)39/h14-15,20-23,32H,6-13,16-19H2,1-5H3. The molecule has 3 aliphatic carbocycles. The van der Waals surface area contributed by atoms with Gasteiger partial charge < -0.3 is 0 Å². The van der Waals surface area contributed by atoms with E-state index in [-0.39, 0.29) is 11.3 Å². The van der Waals surface area contributed by atoms with Crippen LogP contribution in [0.4, 0.5) is 0 Å². The quantitative estimate of drug-likeness (QED) is 0.206. The fourth-order valence-corrected chi connectivity index (χ4v) is 8.67. The summed E-state index contributed by atoms with van der Waals surface area (Å²) in [7, 11) is 0. The number of unbranched alkanes of at least 4 members (excludes halogenated alkanes) is 4. The smallest absolute Gasteiger partial charge is 0.0464 e. The first-order chi connectivity index (χ1) is 18.9. The summed E-state index contributed by atoms with van der Waals surface area (Å²) in [6.07, 6.45) is 14.6. The van der Waals surface area contributed by atoms with Crippen LogP contribution in [0, 0.1) is 0 Å². The number of rotatable bonds is 12. The molecule has 2 heteroatoms. The molecular weight excluding hydrogens is 515 g/mol. The van der Waals surface area contributed by atoms with Crippen LogP contribution in [0.15, 0.2) is 36.4 Å². The molecule has 0 saturated carbocycles. The van der Waals surface area contributed by atoms with Gasteiger partial charge in [-0.15, -0.1) is 0 Å². The van der Waals surface area contributed by atoms with Crippen LogP contribution in [0.25, 0.3) is 0 Å². The minimum atomic E-state index is -0.347. The zero-order chi connectivity index (χ0) is 27.7. The van der Waals surface area contributed by atoms with Gasteiger partial charge in [-0.25, -0.2) is 0 Å². The molecule has 0 aromatic heterocycles. The lowest BCUT2D eigenvalue weighted by Crippen LogP contribution is -2.43. The minimum Gasteiger partial charge on any atom is -0.0840 e. The normalized spacial score (nSPS) is 18.7. The summed E-state index contributed by atoms with van der Waals surface area (Å²) in [5.41, 5.74) is 14.9. The molecule has 0 heterocycles. The highest BCUT2D eigenvalue weighted by Crippen LogP contribution is 2.64. The second-order valence-corrected chi connectivity index (χ2v) is 12.9. The molecule has 0 spiro atoms. The fourth-order valence-electron chi connectivity index (χ4n) is 7.93. The van der Waals surface area contributed by atoms with Crippen molar-refractivity contribution in [1.29, 1.82) is 0 Å². The van der Waals surface area contributed by atoms with Crippen molar-refractivity contribution < 1.29 is 0 Å². The maximum atomic E-state index is 7.17. The van der Waals surface area contributed by atoms with Gasteiger partial charge in [-0.05, 0) is 126 Å². The van der Waals surface area contributed by atoms with Crippen molar-refractivity contribution in [1.82, 2.24) is 0 Å². The van der Waals surface area contributed by atoms with Crippen molar-refractivity contribution in [2.24, 2.45) is 0 Å². The van der Waals surface area contributed by atoms with E-state index >= 15 is 0 Å². The summed E-state index contributed by atoms with van der Waals surface area (Å²) in [6.45, 7) is 11.8. The van der Waals surface area contributed by atoms with E-state index in [2.05, 4.69) is 71.0 Å². The zero-order valence-corrected chi connectivity index (χ0v) is 26.3. The molecule has 0 amide bonds. The second kappa shape index (κ2) is 12.0. The van der Waals surface area contributed by atoms with E-state index in [1.54, 1.807) is 33.4 Å². The van der Waals surface area contributed by atoms with E-state index in [4.69, 9.17) is 23.2 Å². The summed E-state index contributed by atoms with van der Waals surface area (Å²) >= 11 is 14.3. The Balaban J connectivity index is 1.96. The number of hydrogen-bond acceptors (Lipinski definition) is 0. The molecule has 0 fully saturated rings. The van der Waals surface area contributed by atoms with Gasteiger partial charge in [-0.3, -0.25) is 0 Å². The lowest BCUT2D eigenvalue weighted by atomic mass is 9.51. The van der Waals surface area contributed by atoms with Crippen molar-refractivity contribution in [2.45, 2.75) is 123 Å². The maximum absolute atomic E-state index is 7.17. The molecule has 0 N–H and O–H groups in total. The van der Waals surface area contributed by atoms with Gasteiger partial charge >= 0.3 is 0 Å². The van der Waals surface area contributed by atoms with Gasteiger partial charge in [0.2, 0.25) is 0 Å². The SMILES string of the molecule is CCCCc1c(CCCC)c(CCCC)c2c(c1CCCC)C1c3cccc(Cl)c3C2(C)c2c(Cl)cccc21. The molecule has 3 aromatic rings. The summed E-state index contributed by atoms with van der Waals surface area (Å²) < 4.78 is 0. The molecule has 39 heavy (non-hydrogen) atoms. The molecule has 0 saturated heterocycles. The first-order valence-corrected chi connectivity index (χ1v) is 16.5. The van der Waals surface area contributed by atoms with E-state index in [9.17, 15) is 0 Å². The lowest BCUT2D eigenvalue weighted by Gasteiger charge is -2.52. The Kier molecular flexibility index (Phi) is 8.85. The van der Waals surface area contributed by atoms with E-state index in [0.717, 1.165) is 16.5 Å². The molecule has 0 radical (unpaired) electrons. The van der Waals surface area contributed by atoms with Crippen molar-refractivity contribution >= 4 is 23.2 Å². The zero-order valence-electron chi connectivity index (χ0n) is 24.8. The van der Waals surface area contributed by atoms with Gasteiger partial charge in [0.25, 0.3) is 0 Å². The molecule has 3 aliphatic rings. The highest BCUT2D eigenvalue weighted by molar-refractivity contribution is 6.33. The number of benzene rings is 3. The fraction of sp³-hybridized carbons (Fsp3) is 0.514. The van der Waals surface area contributed by atoms with Crippen LogP contribution in [0.3, 0.4) is 0 Å². The Morgan fingerprint density at radius 1 is 0.564 bits per heavy atom. The number of halogens is 2. The van der Waals surface area contributed by atoms with Crippen LogP contribution in [0.5, 0.6) is 0 Å². The lowest BCUT2D eigenvalue weighted by molar-refractivity contribution is 0.570. The Morgan fingerprint density at radius 3 is 1.44 bits per heavy atom. The monoisotopic (exact) mass is 560 g/mol. The van der Waals surface area contributed by atoms with Crippen molar-refractivity contribution in [3.8, 4) is 0 Å². The molecule has 2 bridgehead atoms. The Bertz CT molecular complexity index is 1290. The van der Waals surface area contributed by atoms with Crippen LogP contribution in [0.1, 0.15) is 148 Å². The largest absolute Gasteiger partial charge is 0.0840 e. The van der Waals surface area contributed by atoms with Gasteiger partial charge in [0.05, 0.1) is 0 Å². The minimum absolute atomic E-state index is 0.206. The van der Waals surface area contributed by atoms with Crippen molar-refractivity contribution in [3.05, 3.63) is 102 Å². The third-order valence-electron chi connectivity index (χ3n) is 9.61. The molecular formula is C37H46Cl2. The molecule has 0 unspecified atom stereocenters. The van der Waals surface area contributed by atoms with Gasteiger partial charge in [0.15, 0.2) is 0 Å². The average molecular weight is 562 g/mol. The van der Waals surface area contributed by atoms with E-state index in [0.29, 0.717) is 0 Å². The molecule has 0 atom stereocenters. The van der Waals surface area contributed by atoms with Crippen LogP contribution in [0.2, 0.25) is 10.0 Å². The number of hydrogen-bond donors (Lipinski definition) is 0. The van der Waals surface area contributed by atoms with E-state index < -0.39 is 0 Å². The van der Waals surface area contributed by atoms with Crippen molar-refractivity contribution in [2.75, 3.05) is 0 Å². The van der Waals surface area contributed by atoms with E-state index in [1.807, 2.05) is 0 Å². The van der Waals surface area contributed by atoms with Crippen LogP contribution < -0.4 is 0 Å². The molecule has 0 aliphatic heterocycles. The Hall–Kier alpha value is -1.76. The predicted octanol–water partition coefficient (Wildman–Crippen LogP) is 11.5. The molecule has 0 nitrogen and oxygen atoms in total. The molecule has 3 aromatic carbocycles. The van der Waals surface area contributed by atoms with Gasteiger partial charge in [-0.2, -0.15) is 0 Å². The third kappa shape index (κ3) is 4.59. The predicted molar refractivity (Wildman–Crippen MR) is 170 cm³/mol. The van der Waals surface area contributed by atoms with Crippen LogP contribution in [-0.4, -0.2) is 0 Å². The first kappa shape index (κ1) is 28.8. The maximum Gasteiger partial charge on any atom is 0.0464 e. The summed E-state index contributed by atoms with van der Waals surface area (Å²) in [5, 5.41) is 1.77. The Morgan fingerprint density at radius 2 is 0.974 bits per heavy atom. The van der Waals surface area contributed by atoms with Gasteiger partial charge in [-0.1, -0.05) is 101 Å². The van der Waals surface area contributed by atoms with Crippen molar-refractivity contribution in [3.63, 3.8) is 0 Å². The topological polar surface area (TPSA) is 0 Å². The summed E-state index contributed by atoms with van der Waals surface area (Å²) in [4.78, 5) is 0. The summed E-state index contributed by atoms with van der Waals surface area (Å²) in [5.74, 6) is 0.206. The summed E-state index contributed by atoms with van der Waals surface area (Å²) in [6, 6.07) is 13.2. The second-order valence-electron chi connectivity index (χ2n) is 12.1. The average Bonchev–Trinajstić information content (AvgIpc) is 2.93. The van der Waals surface area contributed by atoms with Gasteiger partial charge in [0.1, 0.15) is 0 Å². The van der Waals surface area contributed by atoms with E-state index in [1.165, 1.54) is 92.9 Å².